The van der Waals surface area contributed by atoms with Crippen molar-refractivity contribution in [1.29, 1.82) is 0 Å². The standard InChI is InChI=1S/C15H16FN3O.HI/c1-20-14-7-5-13(6-8-14)19-15(17)18-10-11-3-2-4-12(16)9-11;/h2-9H,10H2,1H3,(H3,17,18,19);1H. The van der Waals surface area contributed by atoms with Crippen molar-refractivity contribution in [3.63, 3.8) is 0 Å². The van der Waals surface area contributed by atoms with Crippen LogP contribution >= 0.6 is 24.0 Å². The van der Waals surface area contributed by atoms with Crippen LogP contribution < -0.4 is 15.8 Å². The second kappa shape index (κ2) is 8.46. The Morgan fingerprint density at radius 3 is 2.57 bits per heavy atom. The molecule has 0 aliphatic carbocycles. The molecule has 0 amide bonds. The zero-order chi connectivity index (χ0) is 14.4. The van der Waals surface area contributed by atoms with Crippen molar-refractivity contribution in [3.05, 3.63) is 59.9 Å². The summed E-state index contributed by atoms with van der Waals surface area (Å²) in [6.07, 6.45) is 0. The van der Waals surface area contributed by atoms with Gasteiger partial charge in [0.15, 0.2) is 5.96 Å². The minimum atomic E-state index is -0.278. The first-order valence-corrected chi connectivity index (χ1v) is 6.13. The number of nitrogens with zero attached hydrogens (tertiary/aromatic N) is 1. The van der Waals surface area contributed by atoms with E-state index in [0.717, 1.165) is 17.0 Å². The first-order chi connectivity index (χ1) is 9.67. The van der Waals surface area contributed by atoms with Gasteiger partial charge in [-0.3, -0.25) is 0 Å². The second-order valence-corrected chi connectivity index (χ2v) is 4.18. The third kappa shape index (κ3) is 5.58. The molecule has 2 rings (SSSR count). The molecule has 2 aromatic carbocycles. The number of anilines is 1. The third-order valence-corrected chi connectivity index (χ3v) is 2.68. The van der Waals surface area contributed by atoms with Crippen molar-refractivity contribution < 1.29 is 9.13 Å². The van der Waals surface area contributed by atoms with Gasteiger partial charge < -0.3 is 15.8 Å². The minimum Gasteiger partial charge on any atom is -0.497 e. The summed E-state index contributed by atoms with van der Waals surface area (Å²) in [5.41, 5.74) is 7.36. The molecule has 0 spiro atoms. The number of ether oxygens (including phenoxy) is 1. The number of nitrogens with one attached hydrogen (secondary N) is 1. The lowest BCUT2D eigenvalue weighted by Gasteiger charge is -2.06. The van der Waals surface area contributed by atoms with E-state index in [1.807, 2.05) is 24.3 Å². The Bertz CT molecular complexity index is 602. The number of methoxy groups -OCH3 is 1. The van der Waals surface area contributed by atoms with Crippen LogP contribution in [0.25, 0.3) is 0 Å². The fraction of sp³-hybridized carbons (Fsp3) is 0.133. The molecule has 2 aromatic rings. The number of hydrogen-bond acceptors (Lipinski definition) is 2. The van der Waals surface area contributed by atoms with Crippen LogP contribution in [0.3, 0.4) is 0 Å². The van der Waals surface area contributed by atoms with Gasteiger partial charge in [0.25, 0.3) is 0 Å². The molecule has 0 saturated carbocycles. The highest BCUT2D eigenvalue weighted by Gasteiger charge is 1.97. The summed E-state index contributed by atoms with van der Waals surface area (Å²) in [4.78, 5) is 4.16. The highest BCUT2D eigenvalue weighted by molar-refractivity contribution is 14.0. The molecule has 112 valence electrons. The molecule has 0 saturated heterocycles. The van der Waals surface area contributed by atoms with Crippen LogP contribution in [0.15, 0.2) is 53.5 Å². The molecule has 0 aromatic heterocycles. The van der Waals surface area contributed by atoms with Gasteiger partial charge in [0, 0.05) is 5.69 Å². The Kier molecular flexibility index (Phi) is 6.93. The number of nitrogens with two attached hydrogens (primary N) is 1. The van der Waals surface area contributed by atoms with Crippen molar-refractivity contribution in [2.45, 2.75) is 6.54 Å². The lowest BCUT2D eigenvalue weighted by Crippen LogP contribution is -2.22. The quantitative estimate of drug-likeness (QED) is 0.469. The number of rotatable bonds is 4. The molecule has 0 radical (unpaired) electrons. The van der Waals surface area contributed by atoms with E-state index in [1.54, 1.807) is 19.2 Å². The SMILES string of the molecule is COc1ccc(NC(N)=NCc2cccc(F)c2)cc1.I. The fourth-order valence-electron chi connectivity index (χ4n) is 1.67. The molecular weight excluding hydrogens is 384 g/mol. The first-order valence-electron chi connectivity index (χ1n) is 6.13. The van der Waals surface area contributed by atoms with Gasteiger partial charge in [0.1, 0.15) is 11.6 Å². The molecule has 4 nitrogen and oxygen atoms in total. The molecule has 0 fully saturated rings. The van der Waals surface area contributed by atoms with Crippen molar-refractivity contribution in [1.82, 2.24) is 0 Å². The Labute approximate surface area is 140 Å². The van der Waals surface area contributed by atoms with E-state index in [9.17, 15) is 4.39 Å². The van der Waals surface area contributed by atoms with Gasteiger partial charge >= 0.3 is 0 Å². The predicted molar refractivity (Wildman–Crippen MR) is 93.8 cm³/mol. The van der Waals surface area contributed by atoms with Crippen LogP contribution in [-0.2, 0) is 6.54 Å². The average Bonchev–Trinajstić information content (AvgIpc) is 2.46. The van der Waals surface area contributed by atoms with Crippen molar-refractivity contribution in [2.24, 2.45) is 10.7 Å². The van der Waals surface area contributed by atoms with Crippen LogP contribution in [0.2, 0.25) is 0 Å². The molecule has 0 unspecified atom stereocenters. The van der Waals surface area contributed by atoms with Crippen LogP contribution in [0.5, 0.6) is 5.75 Å². The van der Waals surface area contributed by atoms with E-state index in [0.29, 0.717) is 6.54 Å². The molecule has 0 heterocycles. The van der Waals surface area contributed by atoms with E-state index in [-0.39, 0.29) is 35.8 Å². The number of benzene rings is 2. The molecule has 0 aliphatic rings. The average molecular weight is 401 g/mol. The summed E-state index contributed by atoms with van der Waals surface area (Å²) in [5, 5.41) is 2.96. The van der Waals surface area contributed by atoms with Crippen molar-refractivity contribution in [3.8, 4) is 5.75 Å². The summed E-state index contributed by atoms with van der Waals surface area (Å²) in [7, 11) is 1.61. The highest BCUT2D eigenvalue weighted by atomic mass is 127. The maximum Gasteiger partial charge on any atom is 0.193 e. The van der Waals surface area contributed by atoms with Gasteiger partial charge in [-0.25, -0.2) is 9.38 Å². The van der Waals surface area contributed by atoms with E-state index in [1.165, 1.54) is 12.1 Å². The summed E-state index contributed by atoms with van der Waals surface area (Å²) in [6.45, 7) is 0.326. The normalized spacial score (nSPS) is 10.7. The number of aliphatic imine (C=N–C) groups is 1. The molecule has 0 aliphatic heterocycles. The highest BCUT2D eigenvalue weighted by Crippen LogP contribution is 2.14. The smallest absolute Gasteiger partial charge is 0.193 e. The molecule has 0 bridgehead atoms. The zero-order valence-electron chi connectivity index (χ0n) is 11.5. The summed E-state index contributed by atoms with van der Waals surface area (Å²) in [5.74, 6) is 0.768. The van der Waals surface area contributed by atoms with Crippen LogP contribution in [0.4, 0.5) is 10.1 Å². The van der Waals surface area contributed by atoms with Crippen LogP contribution in [0, 0.1) is 5.82 Å². The topological polar surface area (TPSA) is 59.6 Å². The maximum atomic E-state index is 13.0. The molecule has 3 N–H and O–H groups in total. The number of guanidine groups is 1. The van der Waals surface area contributed by atoms with Gasteiger partial charge in [0.2, 0.25) is 0 Å². The van der Waals surface area contributed by atoms with Gasteiger partial charge in [-0.1, -0.05) is 12.1 Å². The Hall–Kier alpha value is -1.83. The number of halogens is 2. The first kappa shape index (κ1) is 17.2. The summed E-state index contributed by atoms with van der Waals surface area (Å²) < 4.78 is 18.1. The Balaban J connectivity index is 0.00000220. The van der Waals surface area contributed by atoms with E-state index in [4.69, 9.17) is 10.5 Å². The van der Waals surface area contributed by atoms with E-state index >= 15 is 0 Å². The third-order valence-electron chi connectivity index (χ3n) is 2.68. The number of hydrogen-bond donors (Lipinski definition) is 2. The Morgan fingerprint density at radius 2 is 1.95 bits per heavy atom. The largest absolute Gasteiger partial charge is 0.497 e. The molecule has 6 heteroatoms. The predicted octanol–water partition coefficient (Wildman–Crippen LogP) is 3.38. The van der Waals surface area contributed by atoms with Gasteiger partial charge in [-0.2, -0.15) is 0 Å². The lowest BCUT2D eigenvalue weighted by atomic mass is 10.2. The summed E-state index contributed by atoms with van der Waals surface area (Å²) in [6, 6.07) is 13.6. The monoisotopic (exact) mass is 401 g/mol. The molecule has 0 atom stereocenters. The van der Waals surface area contributed by atoms with E-state index < -0.39 is 0 Å². The fourth-order valence-corrected chi connectivity index (χ4v) is 1.67. The van der Waals surface area contributed by atoms with Gasteiger partial charge in [-0.05, 0) is 42.0 Å². The Morgan fingerprint density at radius 1 is 1.24 bits per heavy atom. The van der Waals surface area contributed by atoms with Crippen molar-refractivity contribution in [2.75, 3.05) is 12.4 Å². The van der Waals surface area contributed by atoms with Crippen LogP contribution in [0.1, 0.15) is 5.56 Å². The summed E-state index contributed by atoms with van der Waals surface area (Å²) >= 11 is 0. The maximum absolute atomic E-state index is 13.0. The van der Waals surface area contributed by atoms with Gasteiger partial charge in [-0.15, -0.1) is 24.0 Å². The molecular formula is C15H17FIN3O. The van der Waals surface area contributed by atoms with Crippen LogP contribution in [-0.4, -0.2) is 13.1 Å². The lowest BCUT2D eigenvalue weighted by molar-refractivity contribution is 0.415. The minimum absolute atomic E-state index is 0. The second-order valence-electron chi connectivity index (χ2n) is 4.18. The van der Waals surface area contributed by atoms with E-state index in [2.05, 4.69) is 10.3 Å². The molecule has 21 heavy (non-hydrogen) atoms. The van der Waals surface area contributed by atoms with Crippen molar-refractivity contribution >= 4 is 35.6 Å². The zero-order valence-corrected chi connectivity index (χ0v) is 13.9. The van der Waals surface area contributed by atoms with Gasteiger partial charge in [0.05, 0.1) is 13.7 Å².